The van der Waals surface area contributed by atoms with E-state index in [9.17, 15) is 4.79 Å². The van der Waals surface area contributed by atoms with Crippen molar-refractivity contribution in [3.8, 4) is 0 Å². The van der Waals surface area contributed by atoms with E-state index in [0.717, 1.165) is 31.0 Å². The van der Waals surface area contributed by atoms with Gasteiger partial charge in [-0.3, -0.25) is 9.79 Å². The zero-order chi connectivity index (χ0) is 18.5. The van der Waals surface area contributed by atoms with Gasteiger partial charge in [-0.15, -0.1) is 0 Å². The molecule has 5 nitrogen and oxygen atoms in total. The van der Waals surface area contributed by atoms with Crippen LogP contribution in [-0.4, -0.2) is 31.5 Å². The zero-order valence-electron chi connectivity index (χ0n) is 15.4. The molecule has 26 heavy (non-hydrogen) atoms. The highest BCUT2D eigenvalue weighted by Gasteiger charge is 2.02. The van der Waals surface area contributed by atoms with Crippen molar-refractivity contribution >= 4 is 11.9 Å². The predicted molar refractivity (Wildman–Crippen MR) is 107 cm³/mol. The fraction of sp³-hybridized carbons (Fsp3) is 0.333. The Bertz CT molecular complexity index is 671. The van der Waals surface area contributed by atoms with Gasteiger partial charge in [-0.05, 0) is 24.5 Å². The largest absolute Gasteiger partial charge is 0.357 e. The van der Waals surface area contributed by atoms with Gasteiger partial charge in [0.2, 0.25) is 5.91 Å². The van der Waals surface area contributed by atoms with E-state index in [-0.39, 0.29) is 5.91 Å². The molecule has 2 rings (SSSR count). The van der Waals surface area contributed by atoms with E-state index in [0.29, 0.717) is 19.5 Å². The number of hydrogen-bond donors (Lipinski definition) is 3. The fourth-order valence-electron chi connectivity index (χ4n) is 2.47. The van der Waals surface area contributed by atoms with Gasteiger partial charge in [0, 0.05) is 26.1 Å². The third-order valence-corrected chi connectivity index (χ3v) is 3.83. The van der Waals surface area contributed by atoms with Crippen molar-refractivity contribution in [1.29, 1.82) is 0 Å². The molecule has 0 saturated carbocycles. The maximum absolute atomic E-state index is 11.9. The Balaban J connectivity index is 1.69. The van der Waals surface area contributed by atoms with Gasteiger partial charge in [0.05, 0.1) is 6.54 Å². The molecule has 0 aliphatic carbocycles. The fourth-order valence-corrected chi connectivity index (χ4v) is 2.47. The minimum absolute atomic E-state index is 0.0118. The van der Waals surface area contributed by atoms with Gasteiger partial charge in [-0.25, -0.2) is 0 Å². The topological polar surface area (TPSA) is 65.5 Å². The molecule has 0 aliphatic heterocycles. The Morgan fingerprint density at radius 2 is 1.54 bits per heavy atom. The standard InChI is InChI=1S/C21H28N4O/c1-2-22-21(23-15-13-18-9-5-3-6-10-18)24-16-14-20(26)25-17-19-11-7-4-8-12-19/h3-12H,2,13-17H2,1H3,(H,25,26)(H2,22,23,24). The van der Waals surface area contributed by atoms with E-state index in [2.05, 4.69) is 33.1 Å². The highest BCUT2D eigenvalue weighted by molar-refractivity contribution is 5.80. The van der Waals surface area contributed by atoms with Crippen molar-refractivity contribution in [1.82, 2.24) is 16.0 Å². The lowest BCUT2D eigenvalue weighted by molar-refractivity contribution is -0.121. The molecule has 2 aromatic carbocycles. The number of amides is 1. The molecule has 0 atom stereocenters. The first-order valence-corrected chi connectivity index (χ1v) is 9.14. The maximum Gasteiger partial charge on any atom is 0.222 e. The van der Waals surface area contributed by atoms with E-state index < -0.39 is 0 Å². The molecule has 0 radical (unpaired) electrons. The number of nitrogens with one attached hydrogen (secondary N) is 3. The molecule has 0 unspecified atom stereocenters. The molecule has 0 bridgehead atoms. The van der Waals surface area contributed by atoms with Crippen LogP contribution in [0.4, 0.5) is 0 Å². The van der Waals surface area contributed by atoms with Crippen LogP contribution in [0, 0.1) is 0 Å². The first-order chi connectivity index (χ1) is 12.8. The summed E-state index contributed by atoms with van der Waals surface area (Å²) in [5.41, 5.74) is 2.39. The SMILES string of the molecule is CCNC(=NCCC(=O)NCc1ccccc1)NCCc1ccccc1. The Kier molecular flexibility index (Phi) is 8.77. The molecular weight excluding hydrogens is 324 g/mol. The molecule has 0 heterocycles. The van der Waals surface area contributed by atoms with E-state index in [4.69, 9.17) is 0 Å². The third-order valence-electron chi connectivity index (χ3n) is 3.83. The number of carbonyl (C=O) groups is 1. The lowest BCUT2D eigenvalue weighted by Crippen LogP contribution is -2.38. The first kappa shape index (κ1) is 19.5. The number of aliphatic imine (C=N–C) groups is 1. The molecule has 0 spiro atoms. The van der Waals surface area contributed by atoms with Gasteiger partial charge in [0.1, 0.15) is 0 Å². The molecule has 0 aliphatic rings. The Hall–Kier alpha value is -2.82. The van der Waals surface area contributed by atoms with E-state index in [1.54, 1.807) is 0 Å². The summed E-state index contributed by atoms with van der Waals surface area (Å²) < 4.78 is 0. The number of carbonyl (C=O) groups excluding carboxylic acids is 1. The summed E-state index contributed by atoms with van der Waals surface area (Å²) in [6.07, 6.45) is 1.31. The first-order valence-electron chi connectivity index (χ1n) is 9.14. The third kappa shape index (κ3) is 7.83. The van der Waals surface area contributed by atoms with Crippen LogP contribution >= 0.6 is 0 Å². The molecule has 138 valence electrons. The minimum atomic E-state index is 0.0118. The van der Waals surface area contributed by atoms with Crippen molar-refractivity contribution in [3.63, 3.8) is 0 Å². The quantitative estimate of drug-likeness (QED) is 0.480. The second-order valence-electron chi connectivity index (χ2n) is 5.94. The normalized spacial score (nSPS) is 11.0. The van der Waals surface area contributed by atoms with Crippen molar-refractivity contribution in [2.75, 3.05) is 19.6 Å². The Labute approximate surface area is 155 Å². The number of rotatable bonds is 9. The highest BCUT2D eigenvalue weighted by atomic mass is 16.1. The Morgan fingerprint density at radius 3 is 2.19 bits per heavy atom. The molecule has 3 N–H and O–H groups in total. The van der Waals surface area contributed by atoms with Crippen LogP contribution in [0.15, 0.2) is 65.7 Å². The molecule has 0 aromatic heterocycles. The summed E-state index contributed by atoms with van der Waals surface area (Å²) in [6.45, 7) is 4.63. The molecular formula is C21H28N4O. The van der Waals surface area contributed by atoms with Crippen molar-refractivity contribution in [3.05, 3.63) is 71.8 Å². The number of guanidine groups is 1. The summed E-state index contributed by atoms with van der Waals surface area (Å²) in [6, 6.07) is 20.2. The average Bonchev–Trinajstić information content (AvgIpc) is 2.68. The molecule has 0 fully saturated rings. The number of nitrogens with zero attached hydrogens (tertiary/aromatic N) is 1. The summed E-state index contributed by atoms with van der Waals surface area (Å²) >= 11 is 0. The average molecular weight is 352 g/mol. The van der Waals surface area contributed by atoms with Crippen LogP contribution in [0.3, 0.4) is 0 Å². The minimum Gasteiger partial charge on any atom is -0.357 e. The zero-order valence-corrected chi connectivity index (χ0v) is 15.4. The van der Waals surface area contributed by atoms with Gasteiger partial charge in [-0.1, -0.05) is 60.7 Å². The summed E-state index contributed by atoms with van der Waals surface area (Å²) in [5, 5.41) is 9.44. The van der Waals surface area contributed by atoms with E-state index in [1.165, 1.54) is 5.56 Å². The van der Waals surface area contributed by atoms with Crippen LogP contribution in [0.25, 0.3) is 0 Å². The van der Waals surface area contributed by atoms with Gasteiger partial charge in [0.15, 0.2) is 5.96 Å². The second-order valence-corrected chi connectivity index (χ2v) is 5.94. The maximum atomic E-state index is 11.9. The van der Waals surface area contributed by atoms with Crippen molar-refractivity contribution in [2.45, 2.75) is 26.3 Å². The molecule has 0 saturated heterocycles. The van der Waals surface area contributed by atoms with Crippen LogP contribution in [0.2, 0.25) is 0 Å². The van der Waals surface area contributed by atoms with Gasteiger partial charge in [-0.2, -0.15) is 0 Å². The molecule has 1 amide bonds. The second kappa shape index (κ2) is 11.7. The van der Waals surface area contributed by atoms with Crippen LogP contribution < -0.4 is 16.0 Å². The highest BCUT2D eigenvalue weighted by Crippen LogP contribution is 1.99. The monoisotopic (exact) mass is 352 g/mol. The van der Waals surface area contributed by atoms with Crippen LogP contribution in [0.1, 0.15) is 24.5 Å². The summed E-state index contributed by atoms with van der Waals surface area (Å²) in [4.78, 5) is 16.4. The number of benzene rings is 2. The van der Waals surface area contributed by atoms with Gasteiger partial charge in [0.25, 0.3) is 0 Å². The van der Waals surface area contributed by atoms with Gasteiger partial charge >= 0.3 is 0 Å². The van der Waals surface area contributed by atoms with E-state index in [1.807, 2.05) is 55.5 Å². The van der Waals surface area contributed by atoms with Crippen LogP contribution in [-0.2, 0) is 17.8 Å². The van der Waals surface area contributed by atoms with Crippen molar-refractivity contribution < 1.29 is 4.79 Å². The summed E-state index contributed by atoms with van der Waals surface area (Å²) in [7, 11) is 0. The lowest BCUT2D eigenvalue weighted by atomic mass is 10.1. The van der Waals surface area contributed by atoms with Crippen molar-refractivity contribution in [2.24, 2.45) is 4.99 Å². The van der Waals surface area contributed by atoms with Gasteiger partial charge < -0.3 is 16.0 Å². The number of hydrogen-bond acceptors (Lipinski definition) is 2. The smallest absolute Gasteiger partial charge is 0.222 e. The molecule has 5 heteroatoms. The Morgan fingerprint density at radius 1 is 0.885 bits per heavy atom. The van der Waals surface area contributed by atoms with E-state index >= 15 is 0 Å². The predicted octanol–water partition coefficient (Wildman–Crippen LogP) is 2.49. The van der Waals surface area contributed by atoms with Crippen LogP contribution in [0.5, 0.6) is 0 Å². The lowest BCUT2D eigenvalue weighted by Gasteiger charge is -2.11. The summed E-state index contributed by atoms with van der Waals surface area (Å²) in [5.74, 6) is 0.761. The molecule has 2 aromatic rings.